The van der Waals surface area contributed by atoms with E-state index in [-0.39, 0.29) is 5.91 Å². The van der Waals surface area contributed by atoms with Crippen LogP contribution in [0.5, 0.6) is 0 Å². The van der Waals surface area contributed by atoms with Crippen LogP contribution in [0.25, 0.3) is 0 Å². The fourth-order valence-electron chi connectivity index (χ4n) is 3.45. The molecule has 2 aromatic carbocycles. The maximum Gasteiger partial charge on any atom is 0.253 e. The number of carbonyl (C=O) groups is 1. The van der Waals surface area contributed by atoms with Gasteiger partial charge in [0.2, 0.25) is 0 Å². The quantitative estimate of drug-likeness (QED) is 0.912. The van der Waals surface area contributed by atoms with Crippen molar-refractivity contribution in [1.82, 2.24) is 10.2 Å². The summed E-state index contributed by atoms with van der Waals surface area (Å²) in [6.07, 6.45) is 0. The highest BCUT2D eigenvalue weighted by atomic mass is 35.5. The first-order valence-electron chi connectivity index (χ1n) is 8.33. The van der Waals surface area contributed by atoms with Gasteiger partial charge in [-0.25, -0.2) is 0 Å². The molecule has 2 aliphatic heterocycles. The molecule has 0 bridgehead atoms. The van der Waals surface area contributed by atoms with Gasteiger partial charge in [-0.2, -0.15) is 0 Å². The van der Waals surface area contributed by atoms with Gasteiger partial charge in [0.05, 0.1) is 0 Å². The van der Waals surface area contributed by atoms with Crippen molar-refractivity contribution in [1.29, 1.82) is 0 Å². The Kier molecular flexibility index (Phi) is 4.17. The summed E-state index contributed by atoms with van der Waals surface area (Å²) in [6, 6.07) is 14.0. The topological polar surface area (TPSA) is 35.6 Å². The van der Waals surface area contributed by atoms with E-state index in [9.17, 15) is 4.79 Å². The summed E-state index contributed by atoms with van der Waals surface area (Å²) in [6.45, 7) is 4.90. The Bertz CT molecular complexity index is 769. The molecule has 4 nitrogen and oxygen atoms in total. The zero-order valence-electron chi connectivity index (χ0n) is 13.5. The van der Waals surface area contributed by atoms with Crippen LogP contribution in [0.2, 0.25) is 5.02 Å². The number of anilines is 1. The Hall–Kier alpha value is -2.04. The van der Waals surface area contributed by atoms with E-state index >= 15 is 0 Å². The van der Waals surface area contributed by atoms with E-state index in [0.717, 1.165) is 55.5 Å². The highest BCUT2D eigenvalue weighted by Crippen LogP contribution is 2.22. The molecule has 4 rings (SSSR count). The normalized spacial score (nSPS) is 17.0. The summed E-state index contributed by atoms with van der Waals surface area (Å²) in [5.41, 5.74) is 4.47. The van der Waals surface area contributed by atoms with Crippen LogP contribution in [-0.4, -0.2) is 37.0 Å². The Balaban J connectivity index is 1.43. The van der Waals surface area contributed by atoms with Gasteiger partial charge >= 0.3 is 0 Å². The zero-order valence-corrected chi connectivity index (χ0v) is 14.2. The smallest absolute Gasteiger partial charge is 0.253 e. The number of fused-ring (bicyclic) bond motifs is 1. The predicted octanol–water partition coefficient (Wildman–Crippen LogP) is 2.91. The number of benzene rings is 2. The van der Waals surface area contributed by atoms with Gasteiger partial charge in [0.1, 0.15) is 0 Å². The Morgan fingerprint density at radius 1 is 0.958 bits per heavy atom. The van der Waals surface area contributed by atoms with E-state index < -0.39 is 0 Å². The third kappa shape index (κ3) is 2.99. The van der Waals surface area contributed by atoms with Crippen molar-refractivity contribution in [3.8, 4) is 0 Å². The van der Waals surface area contributed by atoms with Gasteiger partial charge in [0.25, 0.3) is 5.91 Å². The van der Waals surface area contributed by atoms with Crippen molar-refractivity contribution in [2.45, 2.75) is 13.1 Å². The van der Waals surface area contributed by atoms with Crippen molar-refractivity contribution < 1.29 is 4.79 Å². The lowest BCUT2D eigenvalue weighted by Crippen LogP contribution is -2.48. The van der Waals surface area contributed by atoms with Gasteiger partial charge in [0.15, 0.2) is 0 Å². The molecule has 124 valence electrons. The molecule has 0 atom stereocenters. The standard InChI is InChI=1S/C19H20ClN3O/c20-17-2-1-3-18(11-17)22-6-8-23(9-7-22)19(24)14-4-5-15-12-21-13-16(15)10-14/h1-5,10-11,21H,6-9,12-13H2. The Labute approximate surface area is 147 Å². The SMILES string of the molecule is O=C(c1ccc2c(c1)CNC2)N1CCN(c2cccc(Cl)c2)CC1. The van der Waals surface area contributed by atoms with Gasteiger partial charge in [-0.05, 0) is 41.5 Å². The van der Waals surface area contributed by atoms with E-state index in [0.29, 0.717) is 0 Å². The summed E-state index contributed by atoms with van der Waals surface area (Å²) in [5, 5.41) is 4.07. The molecule has 2 aliphatic rings. The summed E-state index contributed by atoms with van der Waals surface area (Å²) >= 11 is 6.07. The van der Waals surface area contributed by atoms with Gasteiger partial charge in [-0.1, -0.05) is 23.7 Å². The molecule has 1 amide bonds. The third-order valence-corrected chi connectivity index (χ3v) is 5.06. The molecule has 0 saturated carbocycles. The fraction of sp³-hybridized carbons (Fsp3) is 0.316. The minimum absolute atomic E-state index is 0.135. The van der Waals surface area contributed by atoms with E-state index in [2.05, 4.69) is 22.3 Å². The molecule has 2 aromatic rings. The van der Waals surface area contributed by atoms with Crippen LogP contribution >= 0.6 is 11.6 Å². The maximum absolute atomic E-state index is 12.8. The maximum atomic E-state index is 12.8. The summed E-state index contributed by atoms with van der Waals surface area (Å²) in [7, 11) is 0. The molecule has 1 saturated heterocycles. The van der Waals surface area contributed by atoms with Crippen molar-refractivity contribution in [3.05, 3.63) is 64.2 Å². The van der Waals surface area contributed by atoms with Crippen LogP contribution in [0, 0.1) is 0 Å². The van der Waals surface area contributed by atoms with Crippen LogP contribution < -0.4 is 10.2 Å². The van der Waals surface area contributed by atoms with Crippen LogP contribution in [0.4, 0.5) is 5.69 Å². The number of halogens is 1. The van der Waals surface area contributed by atoms with Gasteiger partial charge in [-0.15, -0.1) is 0 Å². The molecule has 0 spiro atoms. The van der Waals surface area contributed by atoms with E-state index in [1.54, 1.807) is 0 Å². The minimum Gasteiger partial charge on any atom is -0.368 e. The minimum atomic E-state index is 0.135. The Morgan fingerprint density at radius 2 is 1.75 bits per heavy atom. The number of piperazine rings is 1. The lowest BCUT2D eigenvalue weighted by molar-refractivity contribution is 0.0746. The van der Waals surface area contributed by atoms with E-state index in [1.165, 1.54) is 11.1 Å². The van der Waals surface area contributed by atoms with Crippen molar-refractivity contribution in [2.24, 2.45) is 0 Å². The number of nitrogens with one attached hydrogen (secondary N) is 1. The molecule has 5 heteroatoms. The average Bonchev–Trinajstić information content (AvgIpc) is 3.09. The lowest BCUT2D eigenvalue weighted by atomic mass is 10.1. The third-order valence-electron chi connectivity index (χ3n) is 4.82. The number of amides is 1. The molecule has 0 aliphatic carbocycles. The van der Waals surface area contributed by atoms with Gasteiger partial charge < -0.3 is 15.1 Å². The second-order valence-corrected chi connectivity index (χ2v) is 6.78. The van der Waals surface area contributed by atoms with Crippen molar-refractivity contribution in [2.75, 3.05) is 31.1 Å². The van der Waals surface area contributed by atoms with E-state index in [1.807, 2.05) is 35.2 Å². The number of rotatable bonds is 2. The average molecular weight is 342 g/mol. The molecule has 1 fully saturated rings. The largest absolute Gasteiger partial charge is 0.368 e. The summed E-state index contributed by atoms with van der Waals surface area (Å²) in [5.74, 6) is 0.135. The van der Waals surface area contributed by atoms with Gasteiger partial charge in [0, 0.05) is 55.5 Å². The lowest BCUT2D eigenvalue weighted by Gasteiger charge is -2.36. The fourth-order valence-corrected chi connectivity index (χ4v) is 3.64. The molecule has 2 heterocycles. The summed E-state index contributed by atoms with van der Waals surface area (Å²) in [4.78, 5) is 17.0. The second kappa shape index (κ2) is 6.46. The highest BCUT2D eigenvalue weighted by Gasteiger charge is 2.23. The van der Waals surface area contributed by atoms with Crippen LogP contribution in [0.15, 0.2) is 42.5 Å². The first kappa shape index (κ1) is 15.5. The zero-order chi connectivity index (χ0) is 16.5. The Morgan fingerprint density at radius 3 is 2.54 bits per heavy atom. The first-order valence-corrected chi connectivity index (χ1v) is 8.71. The number of hydrogen-bond acceptors (Lipinski definition) is 3. The van der Waals surface area contributed by atoms with Crippen LogP contribution in [0.1, 0.15) is 21.5 Å². The molecular weight excluding hydrogens is 322 g/mol. The monoisotopic (exact) mass is 341 g/mol. The number of carbonyl (C=O) groups excluding carboxylic acids is 1. The predicted molar refractivity (Wildman–Crippen MR) is 96.6 cm³/mol. The van der Waals surface area contributed by atoms with Crippen LogP contribution in [0.3, 0.4) is 0 Å². The molecule has 0 radical (unpaired) electrons. The first-order chi connectivity index (χ1) is 11.7. The number of nitrogens with zero attached hydrogens (tertiary/aromatic N) is 2. The molecular formula is C19H20ClN3O. The highest BCUT2D eigenvalue weighted by molar-refractivity contribution is 6.30. The van der Waals surface area contributed by atoms with Crippen molar-refractivity contribution >= 4 is 23.2 Å². The van der Waals surface area contributed by atoms with Gasteiger partial charge in [-0.3, -0.25) is 4.79 Å². The molecule has 1 N–H and O–H groups in total. The van der Waals surface area contributed by atoms with Crippen molar-refractivity contribution in [3.63, 3.8) is 0 Å². The second-order valence-electron chi connectivity index (χ2n) is 6.35. The molecule has 24 heavy (non-hydrogen) atoms. The number of hydrogen-bond donors (Lipinski definition) is 1. The van der Waals surface area contributed by atoms with E-state index in [4.69, 9.17) is 11.6 Å². The molecule has 0 aromatic heterocycles. The summed E-state index contributed by atoms with van der Waals surface area (Å²) < 4.78 is 0. The molecule has 0 unspecified atom stereocenters. The van der Waals surface area contributed by atoms with Crippen LogP contribution in [-0.2, 0) is 13.1 Å².